The quantitative estimate of drug-likeness (QED) is 0.647. The minimum absolute atomic E-state index is 0.00778. The first kappa shape index (κ1) is 14.6. The summed E-state index contributed by atoms with van der Waals surface area (Å²) in [5, 5.41) is 0.601. The van der Waals surface area contributed by atoms with Gasteiger partial charge in [0.1, 0.15) is 5.69 Å². The van der Waals surface area contributed by atoms with Crippen molar-refractivity contribution >= 4 is 16.6 Å². The van der Waals surface area contributed by atoms with E-state index in [9.17, 15) is 13.2 Å². The Morgan fingerprint density at radius 2 is 1.90 bits per heavy atom. The van der Waals surface area contributed by atoms with Crippen LogP contribution in [-0.4, -0.2) is 4.98 Å². The second-order valence-corrected chi connectivity index (χ2v) is 5.00. The molecule has 0 spiro atoms. The third kappa shape index (κ3) is 2.31. The lowest BCUT2D eigenvalue weighted by atomic mass is 9.97. The maximum Gasteiger partial charge on any atom is 0.433 e. The number of nitrogens with two attached hydrogens (primary N) is 1. The number of hydrogen-bond donors (Lipinski definition) is 2. The van der Waals surface area contributed by atoms with E-state index in [1.165, 1.54) is 6.92 Å². The molecule has 0 saturated heterocycles. The molecule has 2 rings (SSSR count). The SMILES string of the molecule is Cc1c(C(F)(F)F)nc2c(C(C)C)cccc2c1NN. The smallest absolute Gasteiger partial charge is 0.323 e. The molecule has 108 valence electrons. The number of alkyl halides is 3. The summed E-state index contributed by atoms with van der Waals surface area (Å²) in [5.41, 5.74) is 2.86. The first-order valence-electron chi connectivity index (χ1n) is 6.24. The van der Waals surface area contributed by atoms with Gasteiger partial charge in [0.05, 0.1) is 11.2 Å². The topological polar surface area (TPSA) is 50.9 Å². The Morgan fingerprint density at radius 1 is 1.25 bits per heavy atom. The number of nitrogens with zero attached hydrogens (tertiary/aromatic N) is 1. The van der Waals surface area contributed by atoms with E-state index < -0.39 is 11.9 Å². The van der Waals surface area contributed by atoms with Crippen molar-refractivity contribution in [2.75, 3.05) is 5.43 Å². The van der Waals surface area contributed by atoms with E-state index in [1.807, 2.05) is 13.8 Å². The van der Waals surface area contributed by atoms with Gasteiger partial charge < -0.3 is 5.43 Å². The Balaban J connectivity index is 2.93. The van der Waals surface area contributed by atoms with Gasteiger partial charge in [-0.2, -0.15) is 13.2 Å². The molecular weight excluding hydrogens is 267 g/mol. The normalized spacial score (nSPS) is 12.2. The van der Waals surface area contributed by atoms with Crippen molar-refractivity contribution in [3.63, 3.8) is 0 Å². The number of fused-ring (bicyclic) bond motifs is 1. The number of nitrogens with one attached hydrogen (secondary N) is 1. The van der Waals surface area contributed by atoms with Gasteiger partial charge in [0.15, 0.2) is 0 Å². The number of para-hydroxylation sites is 1. The Hall–Kier alpha value is -1.82. The Morgan fingerprint density at radius 3 is 2.40 bits per heavy atom. The minimum Gasteiger partial charge on any atom is -0.323 e. The zero-order valence-electron chi connectivity index (χ0n) is 11.5. The molecule has 0 fully saturated rings. The average molecular weight is 283 g/mol. The van der Waals surface area contributed by atoms with Crippen molar-refractivity contribution in [1.82, 2.24) is 4.98 Å². The van der Waals surface area contributed by atoms with Gasteiger partial charge in [0.25, 0.3) is 0 Å². The van der Waals surface area contributed by atoms with E-state index in [0.717, 1.165) is 5.56 Å². The fraction of sp³-hybridized carbons (Fsp3) is 0.357. The monoisotopic (exact) mass is 283 g/mol. The minimum atomic E-state index is -4.51. The van der Waals surface area contributed by atoms with Gasteiger partial charge in [0, 0.05) is 10.9 Å². The number of aromatic nitrogens is 1. The van der Waals surface area contributed by atoms with Gasteiger partial charge in [-0.15, -0.1) is 0 Å². The van der Waals surface area contributed by atoms with Crippen molar-refractivity contribution in [2.45, 2.75) is 32.9 Å². The first-order valence-corrected chi connectivity index (χ1v) is 6.24. The van der Waals surface area contributed by atoms with Crippen molar-refractivity contribution < 1.29 is 13.2 Å². The van der Waals surface area contributed by atoms with Crippen LogP contribution in [0.3, 0.4) is 0 Å². The summed E-state index contributed by atoms with van der Waals surface area (Å²) in [6.45, 7) is 5.20. The summed E-state index contributed by atoms with van der Waals surface area (Å²) >= 11 is 0. The lowest BCUT2D eigenvalue weighted by Crippen LogP contribution is -2.16. The van der Waals surface area contributed by atoms with E-state index >= 15 is 0 Å². The molecule has 0 radical (unpaired) electrons. The molecule has 2 aromatic rings. The molecule has 3 N–H and O–H groups in total. The summed E-state index contributed by atoms with van der Waals surface area (Å²) < 4.78 is 39.3. The molecule has 6 heteroatoms. The van der Waals surface area contributed by atoms with Crippen LogP contribution in [0.2, 0.25) is 0 Å². The number of rotatable bonds is 2. The zero-order valence-corrected chi connectivity index (χ0v) is 11.5. The Bertz CT molecular complexity index is 648. The highest BCUT2D eigenvalue weighted by molar-refractivity contribution is 5.95. The number of pyridine rings is 1. The highest BCUT2D eigenvalue weighted by atomic mass is 19.4. The predicted molar refractivity (Wildman–Crippen MR) is 73.4 cm³/mol. The van der Waals surface area contributed by atoms with Crippen LogP contribution in [-0.2, 0) is 6.18 Å². The van der Waals surface area contributed by atoms with E-state index in [1.54, 1.807) is 18.2 Å². The van der Waals surface area contributed by atoms with Crippen LogP contribution < -0.4 is 11.3 Å². The van der Waals surface area contributed by atoms with E-state index in [4.69, 9.17) is 5.84 Å². The molecule has 0 bridgehead atoms. The predicted octanol–water partition coefficient (Wildman–Crippen LogP) is 3.97. The molecule has 0 aliphatic heterocycles. The van der Waals surface area contributed by atoms with Gasteiger partial charge in [-0.1, -0.05) is 32.0 Å². The van der Waals surface area contributed by atoms with Crippen molar-refractivity contribution in [3.8, 4) is 0 Å². The number of benzene rings is 1. The molecule has 0 atom stereocenters. The maximum absolute atomic E-state index is 13.1. The molecule has 1 aromatic carbocycles. The van der Waals surface area contributed by atoms with E-state index in [0.29, 0.717) is 10.9 Å². The Kier molecular flexibility index (Phi) is 3.60. The molecule has 0 amide bonds. The van der Waals surface area contributed by atoms with E-state index in [2.05, 4.69) is 10.4 Å². The first-order chi connectivity index (χ1) is 9.27. The third-order valence-corrected chi connectivity index (χ3v) is 3.33. The average Bonchev–Trinajstić information content (AvgIpc) is 2.35. The van der Waals surface area contributed by atoms with Gasteiger partial charge in [0.2, 0.25) is 0 Å². The second kappa shape index (κ2) is 4.94. The highest BCUT2D eigenvalue weighted by Gasteiger charge is 2.36. The van der Waals surface area contributed by atoms with Gasteiger partial charge in [-0.25, -0.2) is 4.98 Å². The summed E-state index contributed by atoms with van der Waals surface area (Å²) in [5.74, 6) is 5.48. The number of hydrogen-bond acceptors (Lipinski definition) is 3. The maximum atomic E-state index is 13.1. The lowest BCUT2D eigenvalue weighted by Gasteiger charge is -2.18. The molecule has 3 nitrogen and oxygen atoms in total. The molecule has 0 aliphatic carbocycles. The van der Waals surface area contributed by atoms with Crippen LogP contribution in [0.25, 0.3) is 10.9 Å². The van der Waals surface area contributed by atoms with Gasteiger partial charge >= 0.3 is 6.18 Å². The molecule has 0 aliphatic rings. The van der Waals surface area contributed by atoms with Gasteiger partial charge in [-0.05, 0) is 18.4 Å². The molecule has 1 heterocycles. The van der Waals surface area contributed by atoms with Crippen molar-refractivity contribution in [3.05, 3.63) is 35.0 Å². The number of hydrazine groups is 1. The van der Waals surface area contributed by atoms with Crippen LogP contribution >= 0.6 is 0 Å². The standard InChI is InChI=1S/C14H16F3N3/c1-7(2)9-5-4-6-10-11(20-18)8(3)13(14(15,16)17)19-12(9)10/h4-7H,18H2,1-3H3,(H,19,20). The second-order valence-electron chi connectivity index (χ2n) is 5.00. The van der Waals surface area contributed by atoms with Crippen LogP contribution in [0, 0.1) is 6.92 Å². The summed E-state index contributed by atoms with van der Waals surface area (Å²) in [6, 6.07) is 5.30. The van der Waals surface area contributed by atoms with Crippen molar-refractivity contribution in [2.24, 2.45) is 5.84 Å². The molecule has 0 unspecified atom stereocenters. The van der Waals surface area contributed by atoms with Crippen molar-refractivity contribution in [1.29, 1.82) is 0 Å². The largest absolute Gasteiger partial charge is 0.433 e. The van der Waals surface area contributed by atoms with Crippen LogP contribution in [0.4, 0.5) is 18.9 Å². The molecule has 0 saturated carbocycles. The number of halogens is 3. The number of nitrogen functional groups attached to an aromatic ring is 1. The lowest BCUT2D eigenvalue weighted by molar-refractivity contribution is -0.141. The Labute approximate surface area is 115 Å². The van der Waals surface area contributed by atoms with Crippen LogP contribution in [0.5, 0.6) is 0 Å². The highest BCUT2D eigenvalue weighted by Crippen LogP contribution is 2.38. The number of anilines is 1. The molecule has 1 aromatic heterocycles. The fourth-order valence-electron chi connectivity index (χ4n) is 2.33. The molecule has 20 heavy (non-hydrogen) atoms. The van der Waals surface area contributed by atoms with E-state index in [-0.39, 0.29) is 17.2 Å². The fourth-order valence-corrected chi connectivity index (χ4v) is 2.33. The molecular formula is C14H16F3N3. The summed E-state index contributed by atoms with van der Waals surface area (Å²) in [7, 11) is 0. The van der Waals surface area contributed by atoms with Crippen LogP contribution in [0.15, 0.2) is 18.2 Å². The van der Waals surface area contributed by atoms with Gasteiger partial charge in [-0.3, -0.25) is 5.84 Å². The van der Waals surface area contributed by atoms with Crippen LogP contribution in [0.1, 0.15) is 36.6 Å². The summed E-state index contributed by atoms with van der Waals surface area (Å²) in [6.07, 6.45) is -4.51. The third-order valence-electron chi connectivity index (χ3n) is 3.33. The summed E-state index contributed by atoms with van der Waals surface area (Å²) in [4.78, 5) is 3.86. The zero-order chi connectivity index (χ0) is 15.1.